The number of nitrogens with one attached hydrogen (secondary N) is 1. The summed E-state index contributed by atoms with van der Waals surface area (Å²) in [5, 5.41) is 12.7. The highest BCUT2D eigenvalue weighted by atomic mass is 16.4. The second-order valence-electron chi connectivity index (χ2n) is 5.43. The van der Waals surface area contributed by atoms with Gasteiger partial charge in [-0.25, -0.2) is 4.79 Å². The predicted molar refractivity (Wildman–Crippen MR) is 90.8 cm³/mol. The molecule has 0 spiro atoms. The zero-order chi connectivity index (χ0) is 16.9. The average Bonchev–Trinajstić information content (AvgIpc) is 2.61. The van der Waals surface area contributed by atoms with Crippen molar-refractivity contribution in [1.82, 2.24) is 10.3 Å². The lowest BCUT2D eigenvalue weighted by Crippen LogP contribution is -2.42. The van der Waals surface area contributed by atoms with E-state index in [-0.39, 0.29) is 6.42 Å². The molecule has 0 aliphatic heterocycles. The standard InChI is InChI=1S/C19H16N2O3/c22-18(15-10-11-20-16-9-5-4-8-14(15)16)21-17(19(23)24)12-13-6-2-1-3-7-13/h1-11,17H,12H2,(H,21,22)(H,23,24)/t17-/m1/s1. The third-order valence-electron chi connectivity index (χ3n) is 3.78. The minimum atomic E-state index is -1.06. The average molecular weight is 320 g/mol. The molecule has 0 aliphatic rings. The molecule has 0 unspecified atom stereocenters. The van der Waals surface area contributed by atoms with Crippen LogP contribution < -0.4 is 5.32 Å². The Morgan fingerprint density at radius 3 is 2.46 bits per heavy atom. The van der Waals surface area contributed by atoms with E-state index in [9.17, 15) is 14.7 Å². The number of carboxylic acids is 1. The number of hydrogen-bond acceptors (Lipinski definition) is 3. The van der Waals surface area contributed by atoms with E-state index < -0.39 is 17.9 Å². The topological polar surface area (TPSA) is 79.3 Å². The van der Waals surface area contributed by atoms with Gasteiger partial charge in [-0.15, -0.1) is 0 Å². The minimum absolute atomic E-state index is 0.227. The Hall–Kier alpha value is -3.21. The molecule has 5 nitrogen and oxygen atoms in total. The van der Waals surface area contributed by atoms with Gasteiger partial charge < -0.3 is 10.4 Å². The van der Waals surface area contributed by atoms with Crippen LogP contribution in [0.2, 0.25) is 0 Å². The summed E-state index contributed by atoms with van der Waals surface area (Å²) in [6.45, 7) is 0. The van der Waals surface area contributed by atoms with Crippen molar-refractivity contribution in [2.45, 2.75) is 12.5 Å². The van der Waals surface area contributed by atoms with Crippen molar-refractivity contribution in [3.63, 3.8) is 0 Å². The van der Waals surface area contributed by atoms with Crippen molar-refractivity contribution in [2.75, 3.05) is 0 Å². The fraction of sp³-hybridized carbons (Fsp3) is 0.105. The molecule has 3 aromatic rings. The van der Waals surface area contributed by atoms with Crippen LogP contribution in [0.1, 0.15) is 15.9 Å². The van der Waals surface area contributed by atoms with Gasteiger partial charge in [-0.3, -0.25) is 9.78 Å². The molecular weight excluding hydrogens is 304 g/mol. The van der Waals surface area contributed by atoms with Crippen molar-refractivity contribution in [2.24, 2.45) is 0 Å². The van der Waals surface area contributed by atoms with Gasteiger partial charge in [0.1, 0.15) is 6.04 Å². The Balaban J connectivity index is 1.84. The first-order valence-electron chi connectivity index (χ1n) is 7.56. The molecule has 0 bridgehead atoms. The van der Waals surface area contributed by atoms with E-state index in [2.05, 4.69) is 10.3 Å². The van der Waals surface area contributed by atoms with Crippen LogP contribution in [-0.2, 0) is 11.2 Å². The number of benzene rings is 2. The zero-order valence-corrected chi connectivity index (χ0v) is 12.8. The Morgan fingerprint density at radius 2 is 1.71 bits per heavy atom. The van der Waals surface area contributed by atoms with Crippen LogP contribution in [0.3, 0.4) is 0 Å². The molecule has 0 saturated heterocycles. The highest BCUT2D eigenvalue weighted by Gasteiger charge is 2.22. The number of aliphatic carboxylic acids is 1. The maximum atomic E-state index is 12.6. The molecule has 1 heterocycles. The normalized spacial score (nSPS) is 11.8. The van der Waals surface area contributed by atoms with Gasteiger partial charge in [0, 0.05) is 18.0 Å². The Kier molecular flexibility index (Phi) is 4.52. The lowest BCUT2D eigenvalue weighted by atomic mass is 10.0. The molecule has 0 radical (unpaired) electrons. The molecule has 0 saturated carbocycles. The first-order chi connectivity index (χ1) is 11.6. The highest BCUT2D eigenvalue weighted by molar-refractivity contribution is 6.06. The van der Waals surface area contributed by atoms with Crippen molar-refractivity contribution < 1.29 is 14.7 Å². The SMILES string of the molecule is O=C(N[C@H](Cc1ccccc1)C(=O)O)c1ccnc2ccccc12. The molecule has 0 aliphatic carbocycles. The summed E-state index contributed by atoms with van der Waals surface area (Å²) in [5.41, 5.74) is 1.96. The molecule has 1 amide bonds. The van der Waals surface area contributed by atoms with E-state index in [0.717, 1.165) is 5.56 Å². The summed E-state index contributed by atoms with van der Waals surface area (Å²) in [5.74, 6) is -1.48. The number of para-hydroxylation sites is 1. The molecule has 3 rings (SSSR count). The fourth-order valence-corrected chi connectivity index (χ4v) is 2.58. The molecule has 2 N–H and O–H groups in total. The second kappa shape index (κ2) is 6.91. The second-order valence-corrected chi connectivity index (χ2v) is 5.43. The molecule has 5 heteroatoms. The highest BCUT2D eigenvalue weighted by Crippen LogP contribution is 2.16. The summed E-state index contributed by atoms with van der Waals surface area (Å²) in [7, 11) is 0. The van der Waals surface area contributed by atoms with Crippen molar-refractivity contribution in [1.29, 1.82) is 0 Å². The Bertz CT molecular complexity index is 873. The van der Waals surface area contributed by atoms with Gasteiger partial charge in [-0.2, -0.15) is 0 Å². The number of aromatic nitrogens is 1. The molecule has 0 fully saturated rings. The van der Waals surface area contributed by atoms with E-state index in [0.29, 0.717) is 16.5 Å². The number of carbonyl (C=O) groups is 2. The zero-order valence-electron chi connectivity index (χ0n) is 12.8. The molecular formula is C19H16N2O3. The van der Waals surface area contributed by atoms with E-state index in [1.54, 1.807) is 18.3 Å². The maximum absolute atomic E-state index is 12.6. The summed E-state index contributed by atoms with van der Waals surface area (Å²) in [4.78, 5) is 28.3. The van der Waals surface area contributed by atoms with Gasteiger partial charge in [0.15, 0.2) is 0 Å². The quantitative estimate of drug-likeness (QED) is 0.757. The first-order valence-corrected chi connectivity index (χ1v) is 7.56. The number of carboxylic acid groups (broad SMARTS) is 1. The third-order valence-corrected chi connectivity index (χ3v) is 3.78. The van der Waals surface area contributed by atoms with Gasteiger partial charge in [0.2, 0.25) is 0 Å². The van der Waals surface area contributed by atoms with E-state index in [4.69, 9.17) is 0 Å². The minimum Gasteiger partial charge on any atom is -0.480 e. The third kappa shape index (κ3) is 3.41. The molecule has 1 atom stereocenters. The van der Waals surface area contributed by atoms with Crippen molar-refractivity contribution in [3.05, 3.63) is 78.0 Å². The van der Waals surface area contributed by atoms with Crippen molar-refractivity contribution >= 4 is 22.8 Å². The number of amides is 1. The largest absolute Gasteiger partial charge is 0.480 e. The molecule has 1 aromatic heterocycles. The molecule has 2 aromatic carbocycles. The van der Waals surface area contributed by atoms with Gasteiger partial charge in [0.05, 0.1) is 11.1 Å². The molecule has 24 heavy (non-hydrogen) atoms. The van der Waals surface area contributed by atoms with Crippen LogP contribution in [0, 0.1) is 0 Å². The van der Waals surface area contributed by atoms with Crippen LogP contribution in [0.5, 0.6) is 0 Å². The first kappa shape index (κ1) is 15.7. The fourth-order valence-electron chi connectivity index (χ4n) is 2.58. The van der Waals surface area contributed by atoms with E-state index >= 15 is 0 Å². The van der Waals surface area contributed by atoms with E-state index in [1.807, 2.05) is 48.5 Å². The monoisotopic (exact) mass is 320 g/mol. The van der Waals surface area contributed by atoms with Crippen LogP contribution in [0.25, 0.3) is 10.9 Å². The summed E-state index contributed by atoms with van der Waals surface area (Å²) < 4.78 is 0. The van der Waals surface area contributed by atoms with E-state index in [1.165, 1.54) is 0 Å². The van der Waals surface area contributed by atoms with Crippen molar-refractivity contribution in [3.8, 4) is 0 Å². The van der Waals surface area contributed by atoms with Crippen LogP contribution in [0.4, 0.5) is 0 Å². The Labute approximate surface area is 139 Å². The summed E-state index contributed by atoms with van der Waals surface area (Å²) in [6, 6.07) is 17.1. The number of carbonyl (C=O) groups excluding carboxylic acids is 1. The predicted octanol–water partition coefficient (Wildman–Crippen LogP) is 2.66. The van der Waals surface area contributed by atoms with Crippen LogP contribution in [-0.4, -0.2) is 28.0 Å². The number of pyridine rings is 1. The van der Waals surface area contributed by atoms with Crippen LogP contribution in [0.15, 0.2) is 66.9 Å². The van der Waals surface area contributed by atoms with Crippen LogP contribution >= 0.6 is 0 Å². The number of rotatable bonds is 5. The lowest BCUT2D eigenvalue weighted by Gasteiger charge is -2.15. The maximum Gasteiger partial charge on any atom is 0.326 e. The lowest BCUT2D eigenvalue weighted by molar-refractivity contribution is -0.139. The summed E-state index contributed by atoms with van der Waals surface area (Å²) in [6.07, 6.45) is 1.77. The smallest absolute Gasteiger partial charge is 0.326 e. The summed E-state index contributed by atoms with van der Waals surface area (Å²) >= 11 is 0. The number of nitrogens with zero attached hydrogens (tertiary/aromatic N) is 1. The van der Waals surface area contributed by atoms with Gasteiger partial charge in [-0.1, -0.05) is 48.5 Å². The molecule has 120 valence electrons. The van der Waals surface area contributed by atoms with Gasteiger partial charge in [0.25, 0.3) is 5.91 Å². The Morgan fingerprint density at radius 1 is 1.00 bits per heavy atom. The number of fused-ring (bicyclic) bond motifs is 1. The number of hydrogen-bond donors (Lipinski definition) is 2. The van der Waals surface area contributed by atoms with Gasteiger partial charge >= 0.3 is 5.97 Å². The van der Waals surface area contributed by atoms with Gasteiger partial charge in [-0.05, 0) is 17.7 Å².